The van der Waals surface area contributed by atoms with Crippen LogP contribution in [0.15, 0.2) is 18.2 Å². The third-order valence-electron chi connectivity index (χ3n) is 3.18. The predicted octanol–water partition coefficient (Wildman–Crippen LogP) is 3.96. The second-order valence-electron chi connectivity index (χ2n) is 4.40. The molecule has 0 saturated heterocycles. The number of benzene rings is 1. The van der Waals surface area contributed by atoms with Gasteiger partial charge in [0.25, 0.3) is 0 Å². The van der Waals surface area contributed by atoms with E-state index in [1.54, 1.807) is 0 Å². The van der Waals surface area contributed by atoms with Crippen LogP contribution in [-0.4, -0.2) is 12.0 Å². The Morgan fingerprint density at radius 1 is 1.44 bits per heavy atom. The number of fused-ring (bicyclic) bond motifs is 1. The highest BCUT2D eigenvalue weighted by Crippen LogP contribution is 2.30. The Morgan fingerprint density at radius 2 is 2.31 bits per heavy atom. The van der Waals surface area contributed by atoms with Gasteiger partial charge in [0.15, 0.2) is 0 Å². The van der Waals surface area contributed by atoms with Gasteiger partial charge in [-0.25, -0.2) is 0 Å². The normalized spacial score (nSPS) is 16.4. The summed E-state index contributed by atoms with van der Waals surface area (Å²) in [5.41, 5.74) is 2.70. The summed E-state index contributed by atoms with van der Waals surface area (Å²) < 4.78 is 5.78. The van der Waals surface area contributed by atoms with Gasteiger partial charge in [0.1, 0.15) is 5.75 Å². The van der Waals surface area contributed by atoms with E-state index in [2.05, 4.69) is 25.1 Å². The number of alkyl halides is 1. The molecule has 2 rings (SSSR count). The molecule has 0 bridgehead atoms. The Morgan fingerprint density at radius 3 is 3.12 bits per heavy atom. The van der Waals surface area contributed by atoms with Crippen molar-refractivity contribution < 1.29 is 4.74 Å². The molecule has 0 aliphatic carbocycles. The molecule has 1 aliphatic rings. The highest BCUT2D eigenvalue weighted by atomic mass is 35.5. The molecule has 1 nitrogen and oxygen atoms in total. The van der Waals surface area contributed by atoms with Crippen molar-refractivity contribution in [3.05, 3.63) is 29.3 Å². The molecule has 1 atom stereocenters. The molecule has 1 aromatic rings. The monoisotopic (exact) mass is 238 g/mol. The summed E-state index contributed by atoms with van der Waals surface area (Å²) in [7, 11) is 0. The van der Waals surface area contributed by atoms with E-state index >= 15 is 0 Å². The molecule has 16 heavy (non-hydrogen) atoms. The number of rotatable bonds is 4. The van der Waals surface area contributed by atoms with Crippen LogP contribution in [-0.2, 0) is 12.8 Å². The summed E-state index contributed by atoms with van der Waals surface area (Å²) in [6.45, 7) is 3.00. The SMILES string of the molecule is CCC(Cl)CCc1cccc2c1OCCC2. The molecule has 0 aromatic heterocycles. The number of hydrogen-bond acceptors (Lipinski definition) is 1. The summed E-state index contributed by atoms with van der Waals surface area (Å²) in [6.07, 6.45) is 5.41. The van der Waals surface area contributed by atoms with E-state index in [1.165, 1.54) is 11.1 Å². The largest absolute Gasteiger partial charge is 0.493 e. The van der Waals surface area contributed by atoms with E-state index in [-0.39, 0.29) is 0 Å². The van der Waals surface area contributed by atoms with Crippen LogP contribution < -0.4 is 4.74 Å². The minimum absolute atomic E-state index is 0.291. The van der Waals surface area contributed by atoms with E-state index in [1.807, 2.05) is 0 Å². The Hall–Kier alpha value is -0.690. The average molecular weight is 239 g/mol. The first-order valence-corrected chi connectivity index (χ1v) is 6.62. The molecular formula is C14H19ClO. The fourth-order valence-corrected chi connectivity index (χ4v) is 2.28. The van der Waals surface area contributed by atoms with Crippen LogP contribution in [0, 0.1) is 0 Å². The maximum Gasteiger partial charge on any atom is 0.125 e. The van der Waals surface area contributed by atoms with Crippen molar-refractivity contribution in [3.8, 4) is 5.75 Å². The third-order valence-corrected chi connectivity index (χ3v) is 3.71. The lowest BCUT2D eigenvalue weighted by Crippen LogP contribution is -2.11. The second-order valence-corrected chi connectivity index (χ2v) is 5.02. The number of aryl methyl sites for hydroxylation is 2. The fourth-order valence-electron chi connectivity index (χ4n) is 2.17. The van der Waals surface area contributed by atoms with Crippen LogP contribution in [0.25, 0.3) is 0 Å². The predicted molar refractivity (Wildman–Crippen MR) is 68.5 cm³/mol. The molecule has 88 valence electrons. The van der Waals surface area contributed by atoms with Gasteiger partial charge >= 0.3 is 0 Å². The average Bonchev–Trinajstić information content (AvgIpc) is 2.35. The van der Waals surface area contributed by atoms with Gasteiger partial charge in [0.05, 0.1) is 6.61 Å². The molecule has 0 N–H and O–H groups in total. The minimum Gasteiger partial charge on any atom is -0.493 e. The van der Waals surface area contributed by atoms with Crippen LogP contribution in [0.4, 0.5) is 0 Å². The van der Waals surface area contributed by atoms with Crippen LogP contribution in [0.5, 0.6) is 5.75 Å². The van der Waals surface area contributed by atoms with E-state index in [0.717, 1.165) is 44.5 Å². The zero-order chi connectivity index (χ0) is 11.4. The van der Waals surface area contributed by atoms with Crippen molar-refractivity contribution in [3.63, 3.8) is 0 Å². The van der Waals surface area contributed by atoms with Gasteiger partial charge in [-0.1, -0.05) is 25.1 Å². The highest BCUT2D eigenvalue weighted by molar-refractivity contribution is 6.20. The van der Waals surface area contributed by atoms with Crippen LogP contribution in [0.1, 0.15) is 37.3 Å². The first-order chi connectivity index (χ1) is 7.81. The lowest BCUT2D eigenvalue weighted by molar-refractivity contribution is 0.285. The molecule has 0 spiro atoms. The number of para-hydroxylation sites is 1. The molecular weight excluding hydrogens is 220 g/mol. The molecule has 0 fully saturated rings. The molecule has 0 saturated carbocycles. The van der Waals surface area contributed by atoms with Gasteiger partial charge in [-0.05, 0) is 43.2 Å². The molecule has 2 heteroatoms. The maximum atomic E-state index is 6.16. The summed E-state index contributed by atoms with van der Waals surface area (Å²) in [6, 6.07) is 6.48. The second kappa shape index (κ2) is 5.58. The molecule has 0 amide bonds. The Balaban J connectivity index is 2.08. The van der Waals surface area contributed by atoms with Gasteiger partial charge in [-0.3, -0.25) is 0 Å². The van der Waals surface area contributed by atoms with E-state index in [4.69, 9.17) is 16.3 Å². The molecule has 1 heterocycles. The van der Waals surface area contributed by atoms with Crippen LogP contribution >= 0.6 is 11.6 Å². The Labute approximate surface area is 103 Å². The van der Waals surface area contributed by atoms with Gasteiger partial charge in [0.2, 0.25) is 0 Å². The van der Waals surface area contributed by atoms with Gasteiger partial charge in [-0.2, -0.15) is 0 Å². The zero-order valence-electron chi connectivity index (χ0n) is 9.84. The van der Waals surface area contributed by atoms with E-state index in [9.17, 15) is 0 Å². The van der Waals surface area contributed by atoms with E-state index < -0.39 is 0 Å². The van der Waals surface area contributed by atoms with Gasteiger partial charge < -0.3 is 4.74 Å². The van der Waals surface area contributed by atoms with Crippen molar-refractivity contribution in [2.45, 2.75) is 44.4 Å². The third kappa shape index (κ3) is 2.70. The van der Waals surface area contributed by atoms with Crippen molar-refractivity contribution in [2.75, 3.05) is 6.61 Å². The topological polar surface area (TPSA) is 9.23 Å². The number of hydrogen-bond donors (Lipinski definition) is 0. The molecule has 1 unspecified atom stereocenters. The van der Waals surface area contributed by atoms with Crippen molar-refractivity contribution in [2.24, 2.45) is 0 Å². The number of ether oxygens (including phenoxy) is 1. The van der Waals surface area contributed by atoms with Crippen LogP contribution in [0.3, 0.4) is 0 Å². The van der Waals surface area contributed by atoms with Crippen molar-refractivity contribution in [1.82, 2.24) is 0 Å². The zero-order valence-corrected chi connectivity index (χ0v) is 10.6. The first-order valence-electron chi connectivity index (χ1n) is 6.19. The lowest BCUT2D eigenvalue weighted by Gasteiger charge is -2.20. The summed E-state index contributed by atoms with van der Waals surface area (Å²) in [4.78, 5) is 0. The van der Waals surface area contributed by atoms with Crippen molar-refractivity contribution in [1.29, 1.82) is 0 Å². The number of halogens is 1. The maximum absolute atomic E-state index is 6.16. The quantitative estimate of drug-likeness (QED) is 0.722. The standard InChI is InChI=1S/C14H19ClO/c1-2-13(15)9-8-12-6-3-5-11-7-4-10-16-14(11)12/h3,5-6,13H,2,4,7-10H2,1H3. The molecule has 0 radical (unpaired) electrons. The molecule has 1 aliphatic heterocycles. The van der Waals surface area contributed by atoms with Gasteiger partial charge in [-0.15, -0.1) is 11.6 Å². The fraction of sp³-hybridized carbons (Fsp3) is 0.571. The first kappa shape index (κ1) is 11.8. The Kier molecular flexibility index (Phi) is 4.11. The van der Waals surface area contributed by atoms with Crippen molar-refractivity contribution >= 4 is 11.6 Å². The summed E-state index contributed by atoms with van der Waals surface area (Å²) in [5.74, 6) is 1.13. The van der Waals surface area contributed by atoms with Crippen LogP contribution in [0.2, 0.25) is 0 Å². The lowest BCUT2D eigenvalue weighted by atomic mass is 9.99. The summed E-state index contributed by atoms with van der Waals surface area (Å²) in [5, 5.41) is 0.291. The Bertz CT molecular complexity index is 349. The van der Waals surface area contributed by atoms with E-state index in [0.29, 0.717) is 5.38 Å². The summed E-state index contributed by atoms with van der Waals surface area (Å²) >= 11 is 6.16. The van der Waals surface area contributed by atoms with Gasteiger partial charge in [0, 0.05) is 5.38 Å². The smallest absolute Gasteiger partial charge is 0.125 e. The minimum atomic E-state index is 0.291. The highest BCUT2D eigenvalue weighted by Gasteiger charge is 2.14. The molecule has 1 aromatic carbocycles.